The standard InChI is InChI=1S/C9H13N5/c1-3-9(2,11)14-5-8-7(10)4-12-6-13-8/h3-6H,1,10-11H2,2H3. The second-order valence-electron chi connectivity index (χ2n) is 3.05. The molecule has 5 heteroatoms. The summed E-state index contributed by atoms with van der Waals surface area (Å²) in [6.07, 6.45) is 5.97. The van der Waals surface area contributed by atoms with Gasteiger partial charge in [0, 0.05) is 0 Å². The summed E-state index contributed by atoms with van der Waals surface area (Å²) in [5, 5.41) is 0. The molecule has 0 spiro atoms. The molecule has 0 radical (unpaired) electrons. The maximum absolute atomic E-state index is 5.71. The van der Waals surface area contributed by atoms with Gasteiger partial charge in [-0.1, -0.05) is 12.7 Å². The Hall–Kier alpha value is -1.75. The van der Waals surface area contributed by atoms with Gasteiger partial charge in [-0.25, -0.2) is 9.97 Å². The van der Waals surface area contributed by atoms with Gasteiger partial charge in [0.1, 0.15) is 17.7 Å². The fourth-order valence-corrected chi connectivity index (χ4v) is 0.711. The molecule has 0 saturated carbocycles. The normalized spacial score (nSPS) is 15.3. The van der Waals surface area contributed by atoms with Crippen molar-refractivity contribution in [1.82, 2.24) is 9.97 Å². The van der Waals surface area contributed by atoms with Crippen LogP contribution in [0.2, 0.25) is 0 Å². The quantitative estimate of drug-likeness (QED) is 0.532. The van der Waals surface area contributed by atoms with E-state index in [1.54, 1.807) is 13.0 Å². The molecule has 0 bridgehead atoms. The third-order valence-electron chi connectivity index (χ3n) is 1.65. The first kappa shape index (κ1) is 10.3. The molecule has 1 heterocycles. The molecule has 0 amide bonds. The Balaban J connectivity index is 2.89. The lowest BCUT2D eigenvalue weighted by atomic mass is 10.2. The maximum Gasteiger partial charge on any atom is 0.123 e. The van der Waals surface area contributed by atoms with E-state index in [9.17, 15) is 0 Å². The van der Waals surface area contributed by atoms with E-state index < -0.39 is 5.66 Å². The van der Waals surface area contributed by atoms with E-state index in [0.717, 1.165) is 0 Å². The Morgan fingerprint density at radius 2 is 2.36 bits per heavy atom. The largest absolute Gasteiger partial charge is 0.396 e. The van der Waals surface area contributed by atoms with Crippen molar-refractivity contribution < 1.29 is 0 Å². The van der Waals surface area contributed by atoms with Gasteiger partial charge in [0.15, 0.2) is 0 Å². The molecule has 0 fully saturated rings. The Kier molecular flexibility index (Phi) is 2.93. The molecular formula is C9H13N5. The number of hydrogen-bond acceptors (Lipinski definition) is 5. The summed E-state index contributed by atoms with van der Waals surface area (Å²) in [7, 11) is 0. The molecule has 74 valence electrons. The average Bonchev–Trinajstić information content (AvgIpc) is 2.17. The summed E-state index contributed by atoms with van der Waals surface area (Å²) < 4.78 is 0. The predicted octanol–water partition coefficient (Wildman–Crippen LogP) is 0.339. The van der Waals surface area contributed by atoms with Crippen LogP contribution in [-0.4, -0.2) is 21.8 Å². The summed E-state index contributed by atoms with van der Waals surface area (Å²) in [6, 6.07) is 0. The summed E-state index contributed by atoms with van der Waals surface area (Å²) in [4.78, 5) is 11.8. The van der Waals surface area contributed by atoms with Gasteiger partial charge in [-0.15, -0.1) is 0 Å². The van der Waals surface area contributed by atoms with Crippen LogP contribution in [0.1, 0.15) is 12.6 Å². The number of nitrogen functional groups attached to an aromatic ring is 1. The van der Waals surface area contributed by atoms with Crippen LogP contribution in [-0.2, 0) is 0 Å². The summed E-state index contributed by atoms with van der Waals surface area (Å²) in [5.74, 6) is 0. The number of nitrogens with two attached hydrogens (primary N) is 2. The Morgan fingerprint density at radius 1 is 1.64 bits per heavy atom. The summed E-state index contributed by atoms with van der Waals surface area (Å²) >= 11 is 0. The molecular weight excluding hydrogens is 178 g/mol. The molecule has 0 aliphatic heterocycles. The predicted molar refractivity (Wildman–Crippen MR) is 56.8 cm³/mol. The topological polar surface area (TPSA) is 90.2 Å². The van der Waals surface area contributed by atoms with E-state index in [1.165, 1.54) is 18.7 Å². The average molecular weight is 191 g/mol. The second-order valence-corrected chi connectivity index (χ2v) is 3.05. The first-order chi connectivity index (χ1) is 6.55. The molecule has 1 rings (SSSR count). The third kappa shape index (κ3) is 2.63. The van der Waals surface area contributed by atoms with Crippen LogP contribution >= 0.6 is 0 Å². The van der Waals surface area contributed by atoms with Gasteiger partial charge in [-0.2, -0.15) is 0 Å². The van der Waals surface area contributed by atoms with Gasteiger partial charge in [0.05, 0.1) is 18.1 Å². The first-order valence-corrected chi connectivity index (χ1v) is 4.08. The minimum absolute atomic E-state index is 0.469. The van der Waals surface area contributed by atoms with E-state index in [0.29, 0.717) is 11.4 Å². The molecule has 4 N–H and O–H groups in total. The van der Waals surface area contributed by atoms with Gasteiger partial charge in [-0.05, 0) is 6.92 Å². The van der Waals surface area contributed by atoms with Crippen molar-refractivity contribution in [2.45, 2.75) is 12.6 Å². The summed E-state index contributed by atoms with van der Waals surface area (Å²) in [6.45, 7) is 5.29. The highest BCUT2D eigenvalue weighted by Crippen LogP contribution is 2.05. The highest BCUT2D eigenvalue weighted by molar-refractivity contribution is 5.84. The zero-order valence-corrected chi connectivity index (χ0v) is 8.01. The van der Waals surface area contributed by atoms with E-state index in [1.807, 2.05) is 0 Å². The molecule has 0 aliphatic rings. The Morgan fingerprint density at radius 3 is 2.93 bits per heavy atom. The fourth-order valence-electron chi connectivity index (χ4n) is 0.711. The molecule has 5 nitrogen and oxygen atoms in total. The molecule has 1 aromatic heterocycles. The van der Waals surface area contributed by atoms with Crippen molar-refractivity contribution in [3.63, 3.8) is 0 Å². The molecule has 0 aromatic carbocycles. The van der Waals surface area contributed by atoms with Crippen LogP contribution in [0.4, 0.5) is 5.69 Å². The van der Waals surface area contributed by atoms with Crippen molar-refractivity contribution in [2.24, 2.45) is 10.7 Å². The minimum Gasteiger partial charge on any atom is -0.396 e. The highest BCUT2D eigenvalue weighted by Gasteiger charge is 2.09. The number of rotatable bonds is 3. The molecule has 1 atom stereocenters. The van der Waals surface area contributed by atoms with Gasteiger partial charge in [0.25, 0.3) is 0 Å². The lowest BCUT2D eigenvalue weighted by Gasteiger charge is -2.12. The first-order valence-electron chi connectivity index (χ1n) is 4.08. The number of nitrogens with zero attached hydrogens (tertiary/aromatic N) is 3. The second kappa shape index (κ2) is 3.97. The van der Waals surface area contributed by atoms with E-state index in [4.69, 9.17) is 11.5 Å². The smallest absolute Gasteiger partial charge is 0.123 e. The lowest BCUT2D eigenvalue weighted by Crippen LogP contribution is -2.30. The SMILES string of the molecule is C=CC(C)(N)N=Cc1ncncc1N. The van der Waals surface area contributed by atoms with Gasteiger partial charge in [0.2, 0.25) is 0 Å². The number of aromatic nitrogens is 2. The van der Waals surface area contributed by atoms with Crippen LogP contribution in [0.3, 0.4) is 0 Å². The molecule has 1 unspecified atom stereocenters. The van der Waals surface area contributed by atoms with Crippen molar-refractivity contribution in [1.29, 1.82) is 0 Å². The fraction of sp³-hybridized carbons (Fsp3) is 0.222. The Labute approximate surface area is 82.6 Å². The summed E-state index contributed by atoms with van der Waals surface area (Å²) in [5.41, 5.74) is 11.6. The van der Waals surface area contributed by atoms with E-state index in [2.05, 4.69) is 21.5 Å². The molecule has 0 saturated heterocycles. The van der Waals surface area contributed by atoms with Crippen LogP contribution in [0.15, 0.2) is 30.2 Å². The van der Waals surface area contributed by atoms with E-state index in [-0.39, 0.29) is 0 Å². The van der Waals surface area contributed by atoms with Crippen molar-refractivity contribution in [2.75, 3.05) is 5.73 Å². The molecule has 1 aromatic rings. The van der Waals surface area contributed by atoms with Crippen LogP contribution in [0, 0.1) is 0 Å². The molecule has 0 aliphatic carbocycles. The highest BCUT2D eigenvalue weighted by atomic mass is 15.0. The Bertz CT molecular complexity index is 356. The van der Waals surface area contributed by atoms with Crippen molar-refractivity contribution in [3.8, 4) is 0 Å². The zero-order chi connectivity index (χ0) is 10.6. The monoisotopic (exact) mass is 191 g/mol. The zero-order valence-electron chi connectivity index (χ0n) is 8.01. The van der Waals surface area contributed by atoms with Crippen LogP contribution in [0.25, 0.3) is 0 Å². The number of aliphatic imine (C=N–C) groups is 1. The van der Waals surface area contributed by atoms with Crippen LogP contribution < -0.4 is 11.5 Å². The number of hydrogen-bond donors (Lipinski definition) is 2. The van der Waals surface area contributed by atoms with Crippen molar-refractivity contribution >= 4 is 11.9 Å². The van der Waals surface area contributed by atoms with Crippen LogP contribution in [0.5, 0.6) is 0 Å². The minimum atomic E-state index is -0.794. The van der Waals surface area contributed by atoms with Gasteiger partial charge >= 0.3 is 0 Å². The molecule has 14 heavy (non-hydrogen) atoms. The van der Waals surface area contributed by atoms with Gasteiger partial charge in [-0.3, -0.25) is 4.99 Å². The third-order valence-corrected chi connectivity index (χ3v) is 1.65. The lowest BCUT2D eigenvalue weighted by molar-refractivity contribution is 0.625. The van der Waals surface area contributed by atoms with Crippen molar-refractivity contribution in [3.05, 3.63) is 30.9 Å². The maximum atomic E-state index is 5.71. The van der Waals surface area contributed by atoms with E-state index >= 15 is 0 Å². The number of anilines is 1. The van der Waals surface area contributed by atoms with Gasteiger partial charge < -0.3 is 11.5 Å².